The van der Waals surface area contributed by atoms with Crippen LogP contribution in [0.15, 0.2) is 42.5 Å². The third kappa shape index (κ3) is 3.94. The van der Waals surface area contributed by atoms with Crippen LogP contribution >= 0.6 is 11.6 Å². The predicted molar refractivity (Wildman–Crippen MR) is 115 cm³/mol. The van der Waals surface area contributed by atoms with E-state index in [4.69, 9.17) is 11.6 Å². The molecule has 32 heavy (non-hydrogen) atoms. The van der Waals surface area contributed by atoms with Gasteiger partial charge in [0.1, 0.15) is 6.04 Å². The van der Waals surface area contributed by atoms with Gasteiger partial charge in [0, 0.05) is 30.7 Å². The Morgan fingerprint density at radius 1 is 1.12 bits per heavy atom. The molecule has 164 valence electrons. The van der Waals surface area contributed by atoms with E-state index in [1.807, 2.05) is 0 Å². The fraction of sp³-hybridized carbons (Fsp3) is 0.227. The molecule has 10 heteroatoms. The van der Waals surface area contributed by atoms with Crippen molar-refractivity contribution in [3.8, 4) is 0 Å². The predicted octanol–water partition coefficient (Wildman–Crippen LogP) is 2.09. The van der Waals surface area contributed by atoms with Gasteiger partial charge in [0.25, 0.3) is 11.8 Å². The van der Waals surface area contributed by atoms with Gasteiger partial charge < -0.3 is 5.32 Å². The zero-order valence-electron chi connectivity index (χ0n) is 17.1. The van der Waals surface area contributed by atoms with Crippen molar-refractivity contribution >= 4 is 46.9 Å². The number of urea groups is 1. The maximum atomic E-state index is 12.9. The lowest BCUT2D eigenvalue weighted by Gasteiger charge is -2.27. The largest absolute Gasteiger partial charge is 0.334 e. The molecule has 2 aliphatic rings. The van der Waals surface area contributed by atoms with Crippen molar-refractivity contribution < 1.29 is 24.0 Å². The molecule has 0 aliphatic carbocycles. The summed E-state index contributed by atoms with van der Waals surface area (Å²) in [5.74, 6) is -2.25. The SMILES string of the molecule is CN(C(=O)NCc1ccc2c(c1)C(=O)N(C1CCC(=O)NC1=O)C2=O)c1cccc(Cl)c1. The first-order valence-corrected chi connectivity index (χ1v) is 10.3. The Hall–Kier alpha value is -3.72. The molecule has 1 atom stereocenters. The summed E-state index contributed by atoms with van der Waals surface area (Å²) in [4.78, 5) is 63.9. The number of piperidine rings is 1. The second-order valence-electron chi connectivity index (χ2n) is 7.52. The van der Waals surface area contributed by atoms with Crippen LogP contribution in [0.1, 0.15) is 39.1 Å². The quantitative estimate of drug-likeness (QED) is 0.686. The highest BCUT2D eigenvalue weighted by atomic mass is 35.5. The number of imide groups is 2. The average molecular weight is 455 g/mol. The van der Waals surface area contributed by atoms with Crippen molar-refractivity contribution in [3.05, 3.63) is 64.2 Å². The monoisotopic (exact) mass is 454 g/mol. The van der Waals surface area contributed by atoms with E-state index in [1.165, 1.54) is 17.0 Å². The van der Waals surface area contributed by atoms with Gasteiger partial charge in [-0.2, -0.15) is 0 Å². The first kappa shape index (κ1) is 21.5. The van der Waals surface area contributed by atoms with Crippen LogP contribution in [0.4, 0.5) is 10.5 Å². The molecule has 2 aliphatic heterocycles. The molecule has 1 unspecified atom stereocenters. The molecule has 2 heterocycles. The number of benzene rings is 2. The molecular formula is C22H19ClN4O5. The van der Waals surface area contributed by atoms with Crippen molar-refractivity contribution in [2.75, 3.05) is 11.9 Å². The van der Waals surface area contributed by atoms with Gasteiger partial charge in [0.2, 0.25) is 11.8 Å². The zero-order valence-corrected chi connectivity index (χ0v) is 17.8. The number of hydrogen-bond acceptors (Lipinski definition) is 5. The third-order valence-corrected chi connectivity index (χ3v) is 5.68. The molecule has 4 rings (SSSR count). The normalized spacial score (nSPS) is 17.8. The number of fused-ring (bicyclic) bond motifs is 1. The lowest BCUT2D eigenvalue weighted by atomic mass is 10.0. The summed E-state index contributed by atoms with van der Waals surface area (Å²) in [5, 5.41) is 5.42. The summed E-state index contributed by atoms with van der Waals surface area (Å²) in [6, 6.07) is 10.1. The molecule has 2 N–H and O–H groups in total. The molecule has 0 radical (unpaired) electrons. The van der Waals surface area contributed by atoms with Crippen LogP contribution in [0.3, 0.4) is 0 Å². The van der Waals surface area contributed by atoms with Crippen molar-refractivity contribution in [3.63, 3.8) is 0 Å². The fourth-order valence-corrected chi connectivity index (χ4v) is 3.91. The minimum absolute atomic E-state index is 0.0568. The number of anilines is 1. The van der Waals surface area contributed by atoms with Gasteiger partial charge in [-0.15, -0.1) is 0 Å². The topological polar surface area (TPSA) is 116 Å². The Morgan fingerprint density at radius 2 is 1.88 bits per heavy atom. The van der Waals surface area contributed by atoms with Crippen LogP contribution in [0.25, 0.3) is 0 Å². The van der Waals surface area contributed by atoms with E-state index in [2.05, 4.69) is 10.6 Å². The van der Waals surface area contributed by atoms with Crippen LogP contribution in [-0.4, -0.2) is 47.6 Å². The second-order valence-corrected chi connectivity index (χ2v) is 7.96. The lowest BCUT2D eigenvalue weighted by Crippen LogP contribution is -2.54. The molecule has 2 aromatic carbocycles. The van der Waals surface area contributed by atoms with Gasteiger partial charge in [-0.1, -0.05) is 23.7 Å². The summed E-state index contributed by atoms with van der Waals surface area (Å²) in [6.45, 7) is 0.122. The number of nitrogens with one attached hydrogen (secondary N) is 2. The van der Waals surface area contributed by atoms with Gasteiger partial charge in [-0.3, -0.25) is 34.3 Å². The van der Waals surface area contributed by atoms with E-state index in [-0.39, 0.29) is 36.5 Å². The van der Waals surface area contributed by atoms with E-state index < -0.39 is 29.7 Å². The highest BCUT2D eigenvalue weighted by Gasteiger charge is 2.44. The summed E-state index contributed by atoms with van der Waals surface area (Å²) in [6.07, 6.45) is 0.149. The summed E-state index contributed by atoms with van der Waals surface area (Å²) in [5.41, 5.74) is 1.58. The maximum absolute atomic E-state index is 12.9. The van der Waals surface area contributed by atoms with Gasteiger partial charge >= 0.3 is 6.03 Å². The van der Waals surface area contributed by atoms with Crippen LogP contribution in [0.5, 0.6) is 0 Å². The molecular weight excluding hydrogens is 436 g/mol. The maximum Gasteiger partial charge on any atom is 0.321 e. The molecule has 0 bridgehead atoms. The summed E-state index contributed by atoms with van der Waals surface area (Å²) < 4.78 is 0. The molecule has 2 aromatic rings. The Kier molecular flexibility index (Phi) is 5.67. The molecule has 1 saturated heterocycles. The standard InChI is InChI=1S/C22H19ClN4O5/c1-26(14-4-2-3-13(23)10-14)22(32)24-11-12-5-6-15-16(9-12)21(31)27(20(15)30)17-7-8-18(28)25-19(17)29/h2-6,9-10,17H,7-8,11H2,1H3,(H,24,32)(H,25,28,29). The van der Waals surface area contributed by atoms with Crippen LogP contribution in [0.2, 0.25) is 5.02 Å². The van der Waals surface area contributed by atoms with Crippen LogP contribution < -0.4 is 15.5 Å². The Morgan fingerprint density at radius 3 is 2.59 bits per heavy atom. The minimum Gasteiger partial charge on any atom is -0.334 e. The fourth-order valence-electron chi connectivity index (χ4n) is 3.73. The number of carbonyl (C=O) groups excluding carboxylic acids is 5. The van der Waals surface area contributed by atoms with Crippen molar-refractivity contribution in [2.45, 2.75) is 25.4 Å². The van der Waals surface area contributed by atoms with Crippen LogP contribution in [0, 0.1) is 0 Å². The summed E-state index contributed by atoms with van der Waals surface area (Å²) in [7, 11) is 1.60. The van der Waals surface area contributed by atoms with Gasteiger partial charge in [-0.05, 0) is 42.3 Å². The smallest absolute Gasteiger partial charge is 0.321 e. The van der Waals surface area contributed by atoms with E-state index in [9.17, 15) is 24.0 Å². The number of carbonyl (C=O) groups is 5. The molecule has 0 aromatic heterocycles. The van der Waals surface area contributed by atoms with Gasteiger partial charge in [-0.25, -0.2) is 4.79 Å². The van der Waals surface area contributed by atoms with E-state index in [0.29, 0.717) is 16.3 Å². The molecule has 9 nitrogen and oxygen atoms in total. The number of hydrogen-bond donors (Lipinski definition) is 2. The first-order chi connectivity index (χ1) is 15.3. The first-order valence-electron chi connectivity index (χ1n) is 9.88. The average Bonchev–Trinajstić information content (AvgIpc) is 3.01. The van der Waals surface area contributed by atoms with Gasteiger partial charge in [0.05, 0.1) is 11.1 Å². The molecule has 6 amide bonds. The minimum atomic E-state index is -1.02. The zero-order chi connectivity index (χ0) is 23.0. The van der Waals surface area contributed by atoms with Gasteiger partial charge in [0.15, 0.2) is 0 Å². The van der Waals surface area contributed by atoms with Crippen molar-refractivity contribution in [2.24, 2.45) is 0 Å². The second kappa shape index (κ2) is 8.43. The number of halogens is 1. The van der Waals surface area contributed by atoms with Crippen molar-refractivity contribution in [1.82, 2.24) is 15.5 Å². The van der Waals surface area contributed by atoms with E-state index in [1.54, 1.807) is 37.4 Å². The van der Waals surface area contributed by atoms with Crippen molar-refractivity contribution in [1.29, 1.82) is 0 Å². The molecule has 0 saturated carbocycles. The Balaban J connectivity index is 1.46. The van der Waals surface area contributed by atoms with Crippen LogP contribution in [-0.2, 0) is 16.1 Å². The molecule has 1 fully saturated rings. The number of nitrogens with zero attached hydrogens (tertiary/aromatic N) is 2. The Labute approximate surface area is 188 Å². The lowest BCUT2D eigenvalue weighted by molar-refractivity contribution is -0.136. The van der Waals surface area contributed by atoms with E-state index in [0.717, 1.165) is 4.90 Å². The highest BCUT2D eigenvalue weighted by molar-refractivity contribution is 6.31. The number of amides is 6. The molecule has 0 spiro atoms. The Bertz CT molecular complexity index is 1160. The summed E-state index contributed by atoms with van der Waals surface area (Å²) >= 11 is 5.97. The number of rotatable bonds is 4. The highest BCUT2D eigenvalue weighted by Crippen LogP contribution is 2.28. The van der Waals surface area contributed by atoms with E-state index >= 15 is 0 Å². The third-order valence-electron chi connectivity index (χ3n) is 5.45.